The molecule has 16 nitrogen and oxygen atoms in total. The van der Waals surface area contributed by atoms with Gasteiger partial charge in [0.2, 0.25) is 11.9 Å². The van der Waals surface area contributed by atoms with E-state index in [0.717, 1.165) is 36.0 Å². The highest BCUT2D eigenvalue weighted by atomic mass is 31.2. The number of aromatic amines is 1. The van der Waals surface area contributed by atoms with Crippen LogP contribution in [0.2, 0.25) is 0 Å². The predicted molar refractivity (Wildman–Crippen MR) is 304 cm³/mol. The maximum Gasteiger partial charge on any atom is 0.280 e. The number of unbranched alkanes of at least 4 members (excludes halogenated alkanes) is 13. The number of aromatic nitrogens is 4. The lowest BCUT2D eigenvalue weighted by Gasteiger charge is -2.39. The van der Waals surface area contributed by atoms with Crippen LogP contribution in [-0.4, -0.2) is 94.5 Å². The Morgan fingerprint density at radius 1 is 0.779 bits per heavy atom. The Morgan fingerprint density at radius 3 is 1.84 bits per heavy atom. The van der Waals surface area contributed by atoms with Gasteiger partial charge in [0.25, 0.3) is 14.1 Å². The first-order chi connectivity index (χ1) is 37.4. The van der Waals surface area contributed by atoms with Crippen molar-refractivity contribution in [2.24, 2.45) is 5.92 Å². The van der Waals surface area contributed by atoms with Gasteiger partial charge in [-0.15, -0.1) is 0 Å². The molecule has 3 aromatic carbocycles. The monoisotopic (exact) mass is 1080 g/mol. The highest BCUT2D eigenvalue weighted by Crippen LogP contribution is 2.51. The Hall–Kier alpha value is -5.24. The highest BCUT2D eigenvalue weighted by Gasteiger charge is 2.52. The molecule has 6 rings (SSSR count). The number of hydrogen-bond donors (Lipinski definition) is 2. The normalized spacial score (nSPS) is 17.2. The van der Waals surface area contributed by atoms with Crippen molar-refractivity contribution in [1.82, 2.24) is 24.2 Å². The average molecular weight is 1080 g/mol. The van der Waals surface area contributed by atoms with Crippen molar-refractivity contribution in [1.29, 1.82) is 5.26 Å². The standard InChI is InChI=1S/C60H86N7O9P/c1-10-11-12-13-14-15-16-17-18-19-20-21-22-26-39-72-54-53(76-77(74-40-27-38-61)67(44(4)5)45(6)7)51(75-58(54)66-42-62-52-55(66)63-59(65-57(52)69)64-56(68)43(2)3)41-73-60(46-28-24-23-25-29-46,47-30-34-49(70-8)35-31-47)48-32-36-50(71-9)37-33-48/h23-25,28-37,42-45,51,53-54,58H,10-22,26-27,39-41H2,1-9H3,(H2,63,64,65,68,69). The van der Waals surface area contributed by atoms with Crippen LogP contribution >= 0.6 is 8.53 Å². The van der Waals surface area contributed by atoms with Gasteiger partial charge in [-0.1, -0.05) is 159 Å². The fourth-order valence-corrected chi connectivity index (χ4v) is 11.8. The minimum Gasteiger partial charge on any atom is -0.497 e. The topological polar surface area (TPSA) is 184 Å². The second-order valence-electron chi connectivity index (χ2n) is 20.8. The van der Waals surface area contributed by atoms with Crippen molar-refractivity contribution in [2.45, 2.75) is 187 Å². The summed E-state index contributed by atoms with van der Waals surface area (Å²) in [6.07, 6.45) is 15.4. The van der Waals surface area contributed by atoms with E-state index in [9.17, 15) is 14.9 Å². The summed E-state index contributed by atoms with van der Waals surface area (Å²) in [6, 6.07) is 28.0. The molecule has 0 spiro atoms. The number of nitriles is 1. The summed E-state index contributed by atoms with van der Waals surface area (Å²) in [5.41, 5.74) is 1.04. The van der Waals surface area contributed by atoms with Crippen molar-refractivity contribution in [3.63, 3.8) is 0 Å². The third-order valence-corrected chi connectivity index (χ3v) is 16.2. The van der Waals surface area contributed by atoms with Crippen molar-refractivity contribution < 1.29 is 37.5 Å². The van der Waals surface area contributed by atoms with Gasteiger partial charge in [-0.05, 0) is 75.1 Å². The number of hydrogen-bond acceptors (Lipinski definition) is 13. The number of fused-ring (bicyclic) bond motifs is 1. The number of ether oxygens (including phenoxy) is 5. The molecular weight excluding hydrogens is 994 g/mol. The van der Waals surface area contributed by atoms with E-state index in [1.54, 1.807) is 32.6 Å². The Labute approximate surface area is 458 Å². The minimum atomic E-state index is -1.84. The molecule has 420 valence electrons. The number of rotatable bonds is 35. The van der Waals surface area contributed by atoms with Gasteiger partial charge in [0.05, 0.1) is 46.3 Å². The van der Waals surface area contributed by atoms with Crippen LogP contribution in [-0.2, 0) is 33.7 Å². The quantitative estimate of drug-likeness (QED) is 0.0222. The first-order valence-electron chi connectivity index (χ1n) is 28.1. The Bertz CT molecular complexity index is 2550. The second-order valence-corrected chi connectivity index (χ2v) is 22.2. The smallest absolute Gasteiger partial charge is 0.280 e. The predicted octanol–water partition coefficient (Wildman–Crippen LogP) is 13.2. The summed E-state index contributed by atoms with van der Waals surface area (Å²) in [6.45, 7) is 14.7. The first kappa shape index (κ1) is 61.0. The van der Waals surface area contributed by atoms with Gasteiger partial charge in [0.1, 0.15) is 35.4 Å². The van der Waals surface area contributed by atoms with Gasteiger partial charge in [0, 0.05) is 24.6 Å². The minimum absolute atomic E-state index is 0.00482. The summed E-state index contributed by atoms with van der Waals surface area (Å²) in [5.74, 6) is 0.688. The van der Waals surface area contributed by atoms with E-state index < -0.39 is 44.2 Å². The molecule has 5 atom stereocenters. The SMILES string of the molecule is CCCCCCCCCCCCCCCCOC1C(OP(OCCC#N)N(C(C)C)C(C)C)C(COC(c2ccccc2)(c2ccc(OC)cc2)c2ccc(OC)cc2)OC1n1cnc2c(=O)[nH]c(NC(=O)C(C)C)nc21. The molecular formula is C60H86N7O9P. The second kappa shape index (κ2) is 31.4. The van der Waals surface area contributed by atoms with E-state index in [-0.39, 0.29) is 60.7 Å². The summed E-state index contributed by atoms with van der Waals surface area (Å²) in [5, 5.41) is 12.4. The molecule has 3 heterocycles. The molecule has 2 aromatic heterocycles. The van der Waals surface area contributed by atoms with Gasteiger partial charge < -0.3 is 32.7 Å². The van der Waals surface area contributed by atoms with Gasteiger partial charge in [-0.25, -0.2) is 9.65 Å². The van der Waals surface area contributed by atoms with Gasteiger partial charge in [-0.3, -0.25) is 24.5 Å². The van der Waals surface area contributed by atoms with Crippen LogP contribution in [0.15, 0.2) is 90.0 Å². The molecule has 5 aromatic rings. The zero-order chi connectivity index (χ0) is 55.2. The van der Waals surface area contributed by atoms with Crippen molar-refractivity contribution in [3.05, 3.63) is 112 Å². The molecule has 0 saturated carbocycles. The molecule has 1 amide bonds. The first-order valence-corrected chi connectivity index (χ1v) is 29.3. The number of carbonyl (C=O) groups is 1. The van der Waals surface area contributed by atoms with Crippen LogP contribution in [0.25, 0.3) is 11.2 Å². The number of imidazole rings is 1. The van der Waals surface area contributed by atoms with E-state index in [1.165, 1.54) is 77.0 Å². The lowest BCUT2D eigenvalue weighted by molar-refractivity contribution is -0.118. The van der Waals surface area contributed by atoms with Crippen LogP contribution in [0.5, 0.6) is 11.5 Å². The van der Waals surface area contributed by atoms with Crippen LogP contribution < -0.4 is 20.3 Å². The lowest BCUT2D eigenvalue weighted by Crippen LogP contribution is -2.43. The molecule has 1 fully saturated rings. The number of nitrogens with zero attached hydrogens (tertiary/aromatic N) is 5. The largest absolute Gasteiger partial charge is 0.497 e. The average Bonchev–Trinajstić information content (AvgIpc) is 4.01. The fourth-order valence-electron chi connectivity index (χ4n) is 10.00. The van der Waals surface area contributed by atoms with Crippen molar-refractivity contribution in [3.8, 4) is 17.6 Å². The number of nitrogens with one attached hydrogen (secondary N) is 2. The van der Waals surface area contributed by atoms with Crippen LogP contribution in [0.3, 0.4) is 0 Å². The molecule has 0 radical (unpaired) electrons. The van der Waals surface area contributed by atoms with Crippen molar-refractivity contribution in [2.75, 3.05) is 39.4 Å². The van der Waals surface area contributed by atoms with Gasteiger partial charge in [0.15, 0.2) is 17.4 Å². The molecule has 2 N–H and O–H groups in total. The fraction of sp³-hybridized carbons (Fsp3) is 0.583. The summed E-state index contributed by atoms with van der Waals surface area (Å²) in [4.78, 5) is 38.7. The third-order valence-electron chi connectivity index (χ3n) is 14.1. The Balaban J connectivity index is 1.40. The van der Waals surface area contributed by atoms with Crippen molar-refractivity contribution >= 4 is 31.5 Å². The molecule has 17 heteroatoms. The van der Waals surface area contributed by atoms with E-state index in [4.69, 9.17) is 37.7 Å². The maximum absolute atomic E-state index is 13.7. The Morgan fingerprint density at radius 2 is 1.32 bits per heavy atom. The summed E-state index contributed by atoms with van der Waals surface area (Å²) >= 11 is 0. The molecule has 1 saturated heterocycles. The molecule has 1 aliphatic rings. The lowest BCUT2D eigenvalue weighted by atomic mass is 9.80. The van der Waals surface area contributed by atoms with Crippen LogP contribution in [0.1, 0.15) is 168 Å². The summed E-state index contributed by atoms with van der Waals surface area (Å²) in [7, 11) is 1.44. The van der Waals surface area contributed by atoms with E-state index in [0.29, 0.717) is 18.1 Å². The zero-order valence-corrected chi connectivity index (χ0v) is 48.1. The Kier molecular flexibility index (Phi) is 24.8. The van der Waals surface area contributed by atoms with Gasteiger partial charge >= 0.3 is 0 Å². The zero-order valence-electron chi connectivity index (χ0n) is 47.2. The number of methoxy groups -OCH3 is 2. The van der Waals surface area contributed by atoms with Gasteiger partial charge in [-0.2, -0.15) is 10.2 Å². The van der Waals surface area contributed by atoms with E-state index in [1.807, 2.05) is 78.9 Å². The molecule has 0 bridgehead atoms. The maximum atomic E-state index is 13.7. The number of carbonyl (C=O) groups excluding carboxylic acids is 1. The van der Waals surface area contributed by atoms with E-state index >= 15 is 0 Å². The van der Waals surface area contributed by atoms with E-state index in [2.05, 4.69) is 60.6 Å². The highest BCUT2D eigenvalue weighted by molar-refractivity contribution is 7.44. The number of amides is 1. The molecule has 77 heavy (non-hydrogen) atoms. The molecule has 0 aliphatic carbocycles. The molecule has 1 aliphatic heterocycles. The van der Waals surface area contributed by atoms with Crippen LogP contribution in [0, 0.1) is 17.2 Å². The van der Waals surface area contributed by atoms with Crippen LogP contribution in [0.4, 0.5) is 5.95 Å². The molecule has 5 unspecified atom stereocenters. The number of anilines is 1. The third kappa shape index (κ3) is 16.6. The number of benzene rings is 3. The number of H-pyrrole nitrogens is 1. The summed E-state index contributed by atoms with van der Waals surface area (Å²) < 4.78 is 51.0.